The van der Waals surface area contributed by atoms with Gasteiger partial charge in [-0.05, 0) is 17.7 Å². The molecule has 0 amide bonds. The van der Waals surface area contributed by atoms with Crippen LogP contribution in [0.25, 0.3) is 11.3 Å². The normalized spacial score (nSPS) is 13.4. The van der Waals surface area contributed by atoms with Gasteiger partial charge in [0.25, 0.3) is 0 Å². The predicted octanol–water partition coefficient (Wildman–Crippen LogP) is 3.78. The van der Waals surface area contributed by atoms with Crippen molar-refractivity contribution in [3.63, 3.8) is 0 Å². The first-order valence-corrected chi connectivity index (χ1v) is 8.84. The number of benzene rings is 2. The van der Waals surface area contributed by atoms with Gasteiger partial charge in [0.05, 0.1) is 25.1 Å². The Morgan fingerprint density at radius 1 is 1.11 bits per heavy atom. The van der Waals surface area contributed by atoms with Gasteiger partial charge < -0.3 is 25.5 Å². The lowest BCUT2D eigenvalue weighted by molar-refractivity contribution is 0.297. The highest BCUT2D eigenvalue weighted by Crippen LogP contribution is 2.32. The maximum absolute atomic E-state index is 6.00. The molecule has 0 unspecified atom stereocenters. The minimum Gasteiger partial charge on any atom is -0.490 e. The number of aromatic nitrogens is 2. The van der Waals surface area contributed by atoms with E-state index in [1.807, 2.05) is 48.5 Å². The maximum Gasteiger partial charge on any atom is 0.193 e. The van der Waals surface area contributed by atoms with Crippen molar-refractivity contribution in [2.45, 2.75) is 13.0 Å². The van der Waals surface area contributed by atoms with Gasteiger partial charge >= 0.3 is 0 Å². The van der Waals surface area contributed by atoms with Gasteiger partial charge in [0, 0.05) is 18.2 Å². The van der Waals surface area contributed by atoms with Crippen LogP contribution < -0.4 is 20.5 Å². The standard InChI is InChI=1S/C20H21N5O2.HI/c21-20(24-15-7-8-17-18(11-15)27-10-4-9-26-17)23-13-19-22-12-16(25-19)14-5-2-1-3-6-14;/h1-3,5-8,11-12H,4,9-10,13H2,(H,22,25)(H3,21,23,24);1H. The number of aromatic amines is 1. The SMILES string of the molecule is I.NC(=NCc1ncc(-c2ccccc2)[nH]1)Nc1ccc2c(c1)OCCCO2. The van der Waals surface area contributed by atoms with Gasteiger partial charge in [-0.3, -0.25) is 0 Å². The molecule has 8 heteroatoms. The van der Waals surface area contributed by atoms with Gasteiger partial charge in [-0.2, -0.15) is 0 Å². The number of anilines is 1. The average Bonchev–Trinajstić information content (AvgIpc) is 3.05. The second-order valence-corrected chi connectivity index (χ2v) is 6.15. The van der Waals surface area contributed by atoms with Gasteiger partial charge in [-0.25, -0.2) is 9.98 Å². The minimum atomic E-state index is 0. The van der Waals surface area contributed by atoms with Gasteiger partial charge in [0.1, 0.15) is 12.4 Å². The number of rotatable bonds is 4. The molecule has 2 heterocycles. The number of ether oxygens (including phenoxy) is 2. The molecule has 0 aliphatic carbocycles. The van der Waals surface area contributed by atoms with E-state index in [0.29, 0.717) is 31.5 Å². The number of nitrogens with one attached hydrogen (secondary N) is 2. The van der Waals surface area contributed by atoms with Crippen LogP contribution in [-0.2, 0) is 6.54 Å². The number of H-pyrrole nitrogens is 1. The number of hydrogen-bond acceptors (Lipinski definition) is 4. The van der Waals surface area contributed by atoms with Crippen LogP contribution >= 0.6 is 24.0 Å². The fourth-order valence-corrected chi connectivity index (χ4v) is 2.80. The van der Waals surface area contributed by atoms with Crippen LogP contribution in [0, 0.1) is 0 Å². The monoisotopic (exact) mass is 491 g/mol. The Labute approximate surface area is 180 Å². The number of hydrogen-bond donors (Lipinski definition) is 3. The highest BCUT2D eigenvalue weighted by Gasteiger charge is 2.11. The number of aliphatic imine (C=N–C) groups is 1. The topological polar surface area (TPSA) is 97.6 Å². The Balaban J connectivity index is 0.00000225. The van der Waals surface area contributed by atoms with Crippen molar-refractivity contribution < 1.29 is 9.47 Å². The molecular formula is C20H22IN5O2. The molecule has 4 N–H and O–H groups in total. The van der Waals surface area contributed by atoms with Crippen molar-refractivity contribution in [3.05, 3.63) is 60.6 Å². The lowest BCUT2D eigenvalue weighted by atomic mass is 10.2. The number of nitrogens with two attached hydrogens (primary N) is 1. The molecule has 7 nitrogen and oxygen atoms in total. The molecule has 3 aromatic rings. The van der Waals surface area contributed by atoms with Crippen molar-refractivity contribution in [2.75, 3.05) is 18.5 Å². The van der Waals surface area contributed by atoms with E-state index in [-0.39, 0.29) is 24.0 Å². The third-order valence-electron chi connectivity index (χ3n) is 4.13. The van der Waals surface area contributed by atoms with Crippen LogP contribution in [0.2, 0.25) is 0 Å². The number of nitrogens with zero attached hydrogens (tertiary/aromatic N) is 2. The second-order valence-electron chi connectivity index (χ2n) is 6.15. The van der Waals surface area contributed by atoms with E-state index in [2.05, 4.69) is 20.3 Å². The Hall–Kier alpha value is -2.75. The molecule has 1 aliphatic rings. The van der Waals surface area contributed by atoms with Crippen molar-refractivity contribution in [3.8, 4) is 22.8 Å². The Bertz CT molecular complexity index is 943. The van der Waals surface area contributed by atoms with Crippen LogP contribution in [-0.4, -0.2) is 29.1 Å². The first kappa shape index (κ1) is 20.0. The first-order valence-electron chi connectivity index (χ1n) is 8.84. The Kier molecular flexibility index (Phi) is 6.75. The molecule has 0 spiro atoms. The zero-order valence-electron chi connectivity index (χ0n) is 15.2. The van der Waals surface area contributed by atoms with Crippen LogP contribution in [0.15, 0.2) is 59.7 Å². The van der Waals surface area contributed by atoms with Crippen LogP contribution in [0.1, 0.15) is 12.2 Å². The summed E-state index contributed by atoms with van der Waals surface area (Å²) in [6.45, 7) is 1.66. The number of imidazole rings is 1. The average molecular weight is 491 g/mol. The van der Waals surface area contributed by atoms with Crippen LogP contribution in [0.3, 0.4) is 0 Å². The molecule has 1 aliphatic heterocycles. The number of halogens is 1. The van der Waals surface area contributed by atoms with E-state index in [0.717, 1.165) is 34.9 Å². The zero-order chi connectivity index (χ0) is 18.5. The fourth-order valence-electron chi connectivity index (χ4n) is 2.80. The van der Waals surface area contributed by atoms with E-state index in [4.69, 9.17) is 15.2 Å². The number of fused-ring (bicyclic) bond motifs is 1. The summed E-state index contributed by atoms with van der Waals surface area (Å²) in [6, 6.07) is 15.6. The van der Waals surface area contributed by atoms with Crippen molar-refractivity contribution in [1.82, 2.24) is 9.97 Å². The third kappa shape index (κ3) is 4.94. The highest BCUT2D eigenvalue weighted by molar-refractivity contribution is 14.0. The molecule has 1 aromatic heterocycles. The highest BCUT2D eigenvalue weighted by atomic mass is 127. The lowest BCUT2D eigenvalue weighted by Gasteiger charge is -2.10. The zero-order valence-corrected chi connectivity index (χ0v) is 17.6. The second kappa shape index (κ2) is 9.45. The van der Waals surface area contributed by atoms with Crippen molar-refractivity contribution in [1.29, 1.82) is 0 Å². The van der Waals surface area contributed by atoms with E-state index in [9.17, 15) is 0 Å². The van der Waals surface area contributed by atoms with Crippen molar-refractivity contribution in [2.24, 2.45) is 10.7 Å². The largest absolute Gasteiger partial charge is 0.490 e. The van der Waals surface area contributed by atoms with Gasteiger partial charge in [0.2, 0.25) is 0 Å². The van der Waals surface area contributed by atoms with Crippen LogP contribution in [0.4, 0.5) is 5.69 Å². The molecule has 0 saturated heterocycles. The Morgan fingerprint density at radius 2 is 1.89 bits per heavy atom. The summed E-state index contributed by atoms with van der Waals surface area (Å²) in [7, 11) is 0. The van der Waals surface area contributed by atoms with E-state index >= 15 is 0 Å². The first-order chi connectivity index (χ1) is 13.3. The summed E-state index contributed by atoms with van der Waals surface area (Å²) in [6.07, 6.45) is 2.67. The lowest BCUT2D eigenvalue weighted by Crippen LogP contribution is -2.22. The van der Waals surface area contributed by atoms with E-state index in [1.54, 1.807) is 6.20 Å². The molecular weight excluding hydrogens is 469 g/mol. The molecule has 4 rings (SSSR count). The van der Waals surface area contributed by atoms with Crippen LogP contribution in [0.5, 0.6) is 11.5 Å². The fraction of sp³-hybridized carbons (Fsp3) is 0.200. The quantitative estimate of drug-likeness (QED) is 0.293. The molecule has 0 atom stereocenters. The smallest absolute Gasteiger partial charge is 0.193 e. The molecule has 0 saturated carbocycles. The Morgan fingerprint density at radius 3 is 2.71 bits per heavy atom. The minimum absolute atomic E-state index is 0. The summed E-state index contributed by atoms with van der Waals surface area (Å²) in [4.78, 5) is 12.0. The molecule has 0 bridgehead atoms. The maximum atomic E-state index is 6.00. The predicted molar refractivity (Wildman–Crippen MR) is 120 cm³/mol. The summed E-state index contributed by atoms with van der Waals surface area (Å²) in [5, 5.41) is 3.07. The van der Waals surface area contributed by atoms with Gasteiger partial charge in [-0.15, -0.1) is 24.0 Å². The summed E-state index contributed by atoms with van der Waals surface area (Å²) in [5.74, 6) is 2.51. The molecule has 0 radical (unpaired) electrons. The van der Waals surface area contributed by atoms with E-state index in [1.165, 1.54) is 0 Å². The number of guanidine groups is 1. The van der Waals surface area contributed by atoms with E-state index < -0.39 is 0 Å². The molecule has 0 fully saturated rings. The molecule has 146 valence electrons. The summed E-state index contributed by atoms with van der Waals surface area (Å²) in [5.41, 5.74) is 8.84. The van der Waals surface area contributed by atoms with Crippen molar-refractivity contribution >= 4 is 35.6 Å². The molecule has 28 heavy (non-hydrogen) atoms. The molecule has 2 aromatic carbocycles. The van der Waals surface area contributed by atoms with Gasteiger partial charge in [-0.1, -0.05) is 30.3 Å². The third-order valence-corrected chi connectivity index (χ3v) is 4.13. The summed E-state index contributed by atoms with van der Waals surface area (Å²) < 4.78 is 11.3. The van der Waals surface area contributed by atoms with Gasteiger partial charge in [0.15, 0.2) is 17.5 Å². The summed E-state index contributed by atoms with van der Waals surface area (Å²) >= 11 is 0.